The third kappa shape index (κ3) is 3.74. The quantitative estimate of drug-likeness (QED) is 0.852. The molecule has 4 heteroatoms. The van der Waals surface area contributed by atoms with Gasteiger partial charge < -0.3 is 10.2 Å². The van der Waals surface area contributed by atoms with Gasteiger partial charge in [-0.25, -0.2) is 0 Å². The first kappa shape index (κ1) is 13.9. The molecular weight excluding hydrogens is 260 g/mol. The van der Waals surface area contributed by atoms with Crippen LogP contribution in [0.15, 0.2) is 29.8 Å². The smallest absolute Gasteiger partial charge is 0.248 e. The van der Waals surface area contributed by atoms with Crippen LogP contribution in [0.2, 0.25) is 5.02 Å². The highest BCUT2D eigenvalue weighted by Gasteiger charge is 2.16. The summed E-state index contributed by atoms with van der Waals surface area (Å²) in [5.41, 5.74) is 2.82. The van der Waals surface area contributed by atoms with Crippen molar-refractivity contribution in [3.05, 3.63) is 34.9 Å². The van der Waals surface area contributed by atoms with Crippen molar-refractivity contribution in [1.29, 1.82) is 0 Å². The molecule has 0 aliphatic carbocycles. The van der Waals surface area contributed by atoms with E-state index in [1.165, 1.54) is 12.8 Å². The van der Waals surface area contributed by atoms with Gasteiger partial charge in [0.1, 0.15) is 0 Å². The number of nitrogens with zero attached hydrogens (tertiary/aromatic N) is 1. The number of carbonyl (C=O) groups is 1. The van der Waals surface area contributed by atoms with E-state index in [4.69, 9.17) is 11.6 Å². The third-order valence-corrected chi connectivity index (χ3v) is 3.32. The third-order valence-electron chi connectivity index (χ3n) is 3.08. The molecule has 1 aliphatic rings. The van der Waals surface area contributed by atoms with Gasteiger partial charge in [-0.1, -0.05) is 17.2 Å². The molecule has 0 atom stereocenters. The number of rotatable bonds is 3. The van der Waals surface area contributed by atoms with E-state index in [1.807, 2.05) is 32.0 Å². The fourth-order valence-electron chi connectivity index (χ4n) is 2.27. The highest BCUT2D eigenvalue weighted by Crippen LogP contribution is 2.31. The Morgan fingerprint density at radius 1 is 1.32 bits per heavy atom. The van der Waals surface area contributed by atoms with Gasteiger partial charge in [0.25, 0.3) is 0 Å². The molecule has 3 nitrogen and oxygen atoms in total. The van der Waals surface area contributed by atoms with Crippen molar-refractivity contribution in [3.8, 4) is 0 Å². The molecule has 0 bridgehead atoms. The molecule has 1 aliphatic heterocycles. The normalized spacial score (nSPS) is 14.4. The first-order chi connectivity index (χ1) is 9.06. The largest absolute Gasteiger partial charge is 0.370 e. The predicted molar refractivity (Wildman–Crippen MR) is 81.0 cm³/mol. The van der Waals surface area contributed by atoms with Crippen LogP contribution in [0, 0.1) is 0 Å². The monoisotopic (exact) mass is 278 g/mol. The molecule has 0 saturated carbocycles. The minimum atomic E-state index is -0.109. The number of allylic oxidation sites excluding steroid dienone is 1. The summed E-state index contributed by atoms with van der Waals surface area (Å²) in [7, 11) is 0. The lowest BCUT2D eigenvalue weighted by molar-refractivity contribution is -0.111. The summed E-state index contributed by atoms with van der Waals surface area (Å²) in [4.78, 5) is 14.1. The Bertz CT molecular complexity index is 501. The highest BCUT2D eigenvalue weighted by atomic mass is 35.5. The summed E-state index contributed by atoms with van der Waals surface area (Å²) in [6, 6.07) is 5.66. The SMILES string of the molecule is CC(C)=CC(=O)Nc1cc(Cl)ccc1N1CCCC1. The molecule has 0 aromatic heterocycles. The highest BCUT2D eigenvalue weighted by molar-refractivity contribution is 6.31. The van der Waals surface area contributed by atoms with E-state index in [9.17, 15) is 4.79 Å². The van der Waals surface area contributed by atoms with Crippen molar-refractivity contribution < 1.29 is 4.79 Å². The van der Waals surface area contributed by atoms with E-state index in [1.54, 1.807) is 6.08 Å². The Hall–Kier alpha value is -1.48. The van der Waals surface area contributed by atoms with E-state index in [0.29, 0.717) is 5.02 Å². The Morgan fingerprint density at radius 3 is 2.63 bits per heavy atom. The molecule has 1 heterocycles. The molecule has 1 fully saturated rings. The Kier molecular flexibility index (Phi) is 4.48. The predicted octanol–water partition coefficient (Wildman–Crippen LogP) is 3.84. The summed E-state index contributed by atoms with van der Waals surface area (Å²) in [5.74, 6) is -0.109. The number of amides is 1. The van der Waals surface area contributed by atoms with Crippen LogP contribution >= 0.6 is 11.6 Å². The lowest BCUT2D eigenvalue weighted by Gasteiger charge is -2.21. The summed E-state index contributed by atoms with van der Waals surface area (Å²) in [6.45, 7) is 5.87. The molecule has 102 valence electrons. The zero-order valence-electron chi connectivity index (χ0n) is 11.4. The van der Waals surface area contributed by atoms with Gasteiger partial charge in [0.05, 0.1) is 11.4 Å². The summed E-state index contributed by atoms with van der Waals surface area (Å²) in [5, 5.41) is 3.55. The number of carbonyl (C=O) groups excluding carboxylic acids is 1. The summed E-state index contributed by atoms with van der Waals surface area (Å²) >= 11 is 6.03. The summed E-state index contributed by atoms with van der Waals surface area (Å²) in [6.07, 6.45) is 3.99. The van der Waals surface area contributed by atoms with Crippen LogP contribution in [0.3, 0.4) is 0 Å². The number of hydrogen-bond donors (Lipinski definition) is 1. The number of anilines is 2. The van der Waals surface area contributed by atoms with Gasteiger partial charge in [-0.2, -0.15) is 0 Å². The lowest BCUT2D eigenvalue weighted by Crippen LogP contribution is -2.20. The van der Waals surface area contributed by atoms with Gasteiger partial charge in [0, 0.05) is 24.2 Å². The van der Waals surface area contributed by atoms with Crippen molar-refractivity contribution in [2.75, 3.05) is 23.3 Å². The molecule has 19 heavy (non-hydrogen) atoms. The van der Waals surface area contributed by atoms with E-state index < -0.39 is 0 Å². The van der Waals surface area contributed by atoms with Gasteiger partial charge in [0.15, 0.2) is 0 Å². The topological polar surface area (TPSA) is 32.3 Å². The Balaban J connectivity index is 2.24. The fourth-order valence-corrected chi connectivity index (χ4v) is 2.45. The van der Waals surface area contributed by atoms with Crippen LogP contribution in [-0.4, -0.2) is 19.0 Å². The van der Waals surface area contributed by atoms with Crippen LogP contribution in [0.5, 0.6) is 0 Å². The first-order valence-electron chi connectivity index (χ1n) is 6.56. The standard InChI is InChI=1S/C15H19ClN2O/c1-11(2)9-15(19)17-13-10-12(16)5-6-14(13)18-7-3-4-8-18/h5-6,9-10H,3-4,7-8H2,1-2H3,(H,17,19). The zero-order chi connectivity index (χ0) is 13.8. The minimum absolute atomic E-state index is 0.109. The molecule has 1 amide bonds. The molecule has 0 unspecified atom stereocenters. The molecule has 1 N–H and O–H groups in total. The zero-order valence-corrected chi connectivity index (χ0v) is 12.1. The minimum Gasteiger partial charge on any atom is -0.370 e. The van der Waals surface area contributed by atoms with Gasteiger partial charge in [-0.15, -0.1) is 0 Å². The van der Waals surface area contributed by atoms with Crippen molar-refractivity contribution >= 4 is 28.9 Å². The van der Waals surface area contributed by atoms with Gasteiger partial charge >= 0.3 is 0 Å². The molecule has 1 aromatic rings. The van der Waals surface area contributed by atoms with Crippen LogP contribution in [0.25, 0.3) is 0 Å². The van der Waals surface area contributed by atoms with Crippen LogP contribution < -0.4 is 10.2 Å². The van der Waals surface area contributed by atoms with Crippen LogP contribution in [0.1, 0.15) is 26.7 Å². The maximum atomic E-state index is 11.9. The van der Waals surface area contributed by atoms with Gasteiger partial charge in [-0.05, 0) is 44.9 Å². The van der Waals surface area contributed by atoms with Crippen molar-refractivity contribution in [1.82, 2.24) is 0 Å². The maximum absolute atomic E-state index is 11.9. The van der Waals surface area contributed by atoms with Crippen LogP contribution in [-0.2, 0) is 4.79 Å². The first-order valence-corrected chi connectivity index (χ1v) is 6.94. The number of benzene rings is 1. The van der Waals surface area contributed by atoms with E-state index in [0.717, 1.165) is 30.0 Å². The second kappa shape index (κ2) is 6.11. The molecule has 2 rings (SSSR count). The van der Waals surface area contributed by atoms with Crippen molar-refractivity contribution in [2.45, 2.75) is 26.7 Å². The average Bonchev–Trinajstić information content (AvgIpc) is 2.81. The summed E-state index contributed by atoms with van der Waals surface area (Å²) < 4.78 is 0. The lowest BCUT2D eigenvalue weighted by atomic mass is 10.2. The van der Waals surface area contributed by atoms with Gasteiger partial charge in [-0.3, -0.25) is 4.79 Å². The van der Waals surface area contributed by atoms with Crippen LogP contribution in [0.4, 0.5) is 11.4 Å². The maximum Gasteiger partial charge on any atom is 0.248 e. The second-order valence-electron chi connectivity index (χ2n) is 5.07. The Labute approximate surface area is 119 Å². The Morgan fingerprint density at radius 2 is 2.00 bits per heavy atom. The average molecular weight is 279 g/mol. The van der Waals surface area contributed by atoms with E-state index >= 15 is 0 Å². The molecule has 0 spiro atoms. The van der Waals surface area contributed by atoms with E-state index in [2.05, 4.69) is 10.2 Å². The molecule has 1 saturated heterocycles. The number of nitrogens with one attached hydrogen (secondary N) is 1. The van der Waals surface area contributed by atoms with Crippen molar-refractivity contribution in [2.24, 2.45) is 0 Å². The van der Waals surface area contributed by atoms with Crippen molar-refractivity contribution in [3.63, 3.8) is 0 Å². The second-order valence-corrected chi connectivity index (χ2v) is 5.50. The fraction of sp³-hybridized carbons (Fsp3) is 0.400. The number of hydrogen-bond acceptors (Lipinski definition) is 2. The molecule has 1 aromatic carbocycles. The molecule has 0 radical (unpaired) electrons. The number of halogens is 1. The van der Waals surface area contributed by atoms with E-state index in [-0.39, 0.29) is 5.91 Å². The molecular formula is C15H19ClN2O. The van der Waals surface area contributed by atoms with Gasteiger partial charge in [0.2, 0.25) is 5.91 Å².